The molecular formula is C9H18N2O. The first kappa shape index (κ1) is 11.2. The van der Waals surface area contributed by atoms with E-state index in [1.807, 2.05) is 6.08 Å². The maximum absolute atomic E-state index is 11.1. The second-order valence-corrected chi connectivity index (χ2v) is 2.88. The van der Waals surface area contributed by atoms with Crippen LogP contribution in [0.25, 0.3) is 0 Å². The Morgan fingerprint density at radius 1 is 1.58 bits per heavy atom. The molecule has 1 amide bonds. The highest BCUT2D eigenvalue weighted by atomic mass is 16.2. The van der Waals surface area contributed by atoms with E-state index in [0.29, 0.717) is 6.42 Å². The highest BCUT2D eigenvalue weighted by Crippen LogP contribution is 1.91. The molecule has 70 valence electrons. The summed E-state index contributed by atoms with van der Waals surface area (Å²) in [6, 6.07) is 0. The summed E-state index contributed by atoms with van der Waals surface area (Å²) in [6.07, 6.45) is 3.33. The molecular weight excluding hydrogens is 152 g/mol. The van der Waals surface area contributed by atoms with Crippen molar-refractivity contribution in [3.8, 4) is 0 Å². The van der Waals surface area contributed by atoms with Gasteiger partial charge in [0.25, 0.3) is 0 Å². The lowest BCUT2D eigenvalue weighted by molar-refractivity contribution is -0.128. The minimum atomic E-state index is 0.190. The Morgan fingerprint density at radius 3 is 2.75 bits per heavy atom. The lowest BCUT2D eigenvalue weighted by Crippen LogP contribution is -2.23. The van der Waals surface area contributed by atoms with Crippen LogP contribution in [0, 0.1) is 0 Å². The summed E-state index contributed by atoms with van der Waals surface area (Å²) in [5.74, 6) is 0.190. The van der Waals surface area contributed by atoms with Crippen LogP contribution in [0.2, 0.25) is 0 Å². The monoisotopic (exact) mass is 170 g/mol. The second kappa shape index (κ2) is 6.85. The third-order valence-corrected chi connectivity index (χ3v) is 1.53. The van der Waals surface area contributed by atoms with E-state index in [1.54, 1.807) is 19.0 Å². The molecule has 0 aromatic rings. The Kier molecular flexibility index (Phi) is 6.38. The lowest BCUT2D eigenvalue weighted by Gasteiger charge is -2.09. The third-order valence-electron chi connectivity index (χ3n) is 1.53. The molecule has 3 heteroatoms. The molecule has 0 atom stereocenters. The van der Waals surface area contributed by atoms with Crippen LogP contribution >= 0.6 is 0 Å². The fourth-order valence-electron chi connectivity index (χ4n) is 0.792. The molecule has 0 saturated carbocycles. The molecule has 0 radical (unpaired) electrons. The molecule has 3 nitrogen and oxygen atoms in total. The Balaban J connectivity index is 3.19. The van der Waals surface area contributed by atoms with Crippen LogP contribution in [-0.2, 0) is 4.79 Å². The van der Waals surface area contributed by atoms with Gasteiger partial charge in [-0.15, -0.1) is 6.58 Å². The topological polar surface area (TPSA) is 32.3 Å². The van der Waals surface area contributed by atoms with Crippen molar-refractivity contribution >= 4 is 5.91 Å². The van der Waals surface area contributed by atoms with Crippen molar-refractivity contribution in [1.82, 2.24) is 10.2 Å². The van der Waals surface area contributed by atoms with E-state index in [-0.39, 0.29) is 5.91 Å². The molecule has 0 aliphatic heterocycles. The lowest BCUT2D eigenvalue weighted by atomic mass is 10.3. The Labute approximate surface area is 74.4 Å². The van der Waals surface area contributed by atoms with E-state index in [9.17, 15) is 4.79 Å². The van der Waals surface area contributed by atoms with Gasteiger partial charge in [-0.1, -0.05) is 6.08 Å². The molecule has 0 bridgehead atoms. The maximum atomic E-state index is 11.1. The van der Waals surface area contributed by atoms with E-state index in [0.717, 1.165) is 19.5 Å². The van der Waals surface area contributed by atoms with Gasteiger partial charge in [-0.25, -0.2) is 0 Å². The summed E-state index contributed by atoms with van der Waals surface area (Å²) in [7, 11) is 3.55. The van der Waals surface area contributed by atoms with Gasteiger partial charge in [-0.2, -0.15) is 0 Å². The molecule has 0 saturated heterocycles. The number of carbonyl (C=O) groups is 1. The predicted octanol–water partition coefficient (Wildman–Crippen LogP) is 0.630. The normalized spacial score (nSPS) is 9.50. The fraction of sp³-hybridized carbons (Fsp3) is 0.667. The molecule has 0 unspecified atom stereocenters. The number of carbonyl (C=O) groups excluding carboxylic acids is 1. The van der Waals surface area contributed by atoms with Crippen molar-refractivity contribution in [2.75, 3.05) is 27.2 Å². The number of nitrogens with zero attached hydrogens (tertiary/aromatic N) is 1. The highest BCUT2D eigenvalue weighted by molar-refractivity contribution is 5.75. The van der Waals surface area contributed by atoms with Crippen LogP contribution in [-0.4, -0.2) is 38.0 Å². The van der Waals surface area contributed by atoms with Crippen molar-refractivity contribution in [3.63, 3.8) is 0 Å². The molecule has 1 N–H and O–H groups in total. The summed E-state index contributed by atoms with van der Waals surface area (Å²) in [6.45, 7) is 5.28. The van der Waals surface area contributed by atoms with Gasteiger partial charge in [0, 0.05) is 27.1 Å². The quantitative estimate of drug-likeness (QED) is 0.468. The standard InChI is InChI=1S/C9H18N2O/c1-4-7-10-8-5-6-9(12)11(2)3/h4,10H,1,5-8H2,2-3H3. The minimum absolute atomic E-state index is 0.190. The van der Waals surface area contributed by atoms with E-state index < -0.39 is 0 Å². The van der Waals surface area contributed by atoms with E-state index in [2.05, 4.69) is 11.9 Å². The maximum Gasteiger partial charge on any atom is 0.222 e. The SMILES string of the molecule is C=CCNCCCC(=O)N(C)C. The summed E-state index contributed by atoms with van der Waals surface area (Å²) >= 11 is 0. The van der Waals surface area contributed by atoms with E-state index >= 15 is 0 Å². The van der Waals surface area contributed by atoms with Crippen molar-refractivity contribution in [3.05, 3.63) is 12.7 Å². The van der Waals surface area contributed by atoms with Gasteiger partial charge in [0.05, 0.1) is 0 Å². The zero-order chi connectivity index (χ0) is 9.40. The summed E-state index contributed by atoms with van der Waals surface area (Å²) in [5.41, 5.74) is 0. The van der Waals surface area contributed by atoms with Crippen LogP contribution in [0.1, 0.15) is 12.8 Å². The summed E-state index contributed by atoms with van der Waals surface area (Å²) in [4.78, 5) is 12.7. The van der Waals surface area contributed by atoms with Crippen LogP contribution in [0.15, 0.2) is 12.7 Å². The highest BCUT2D eigenvalue weighted by Gasteiger charge is 2.01. The van der Waals surface area contributed by atoms with Crippen LogP contribution in [0.3, 0.4) is 0 Å². The molecule has 0 heterocycles. The summed E-state index contributed by atoms with van der Waals surface area (Å²) < 4.78 is 0. The Bertz CT molecular complexity index is 143. The van der Waals surface area contributed by atoms with Crippen LogP contribution < -0.4 is 5.32 Å². The fourth-order valence-corrected chi connectivity index (χ4v) is 0.792. The van der Waals surface area contributed by atoms with Crippen molar-refractivity contribution in [1.29, 1.82) is 0 Å². The number of amides is 1. The number of nitrogens with one attached hydrogen (secondary N) is 1. The zero-order valence-electron chi connectivity index (χ0n) is 7.97. The number of rotatable bonds is 6. The van der Waals surface area contributed by atoms with Crippen LogP contribution in [0.4, 0.5) is 0 Å². The van der Waals surface area contributed by atoms with Gasteiger partial charge >= 0.3 is 0 Å². The van der Waals surface area contributed by atoms with Crippen molar-refractivity contribution in [2.24, 2.45) is 0 Å². The first-order valence-electron chi connectivity index (χ1n) is 4.20. The van der Waals surface area contributed by atoms with Crippen molar-refractivity contribution < 1.29 is 4.79 Å². The van der Waals surface area contributed by atoms with E-state index in [1.165, 1.54) is 0 Å². The van der Waals surface area contributed by atoms with Gasteiger partial charge in [0.1, 0.15) is 0 Å². The van der Waals surface area contributed by atoms with Crippen molar-refractivity contribution in [2.45, 2.75) is 12.8 Å². The Hall–Kier alpha value is -0.830. The molecule has 0 aliphatic rings. The molecule has 0 aromatic carbocycles. The van der Waals surface area contributed by atoms with Gasteiger partial charge in [-0.3, -0.25) is 4.79 Å². The van der Waals surface area contributed by atoms with Crippen LogP contribution in [0.5, 0.6) is 0 Å². The summed E-state index contributed by atoms with van der Waals surface area (Å²) in [5, 5.41) is 3.14. The average molecular weight is 170 g/mol. The second-order valence-electron chi connectivity index (χ2n) is 2.88. The number of hydrogen-bond acceptors (Lipinski definition) is 2. The minimum Gasteiger partial charge on any atom is -0.349 e. The average Bonchev–Trinajstić information content (AvgIpc) is 2.03. The zero-order valence-corrected chi connectivity index (χ0v) is 7.97. The molecule has 12 heavy (non-hydrogen) atoms. The van der Waals surface area contributed by atoms with Gasteiger partial charge < -0.3 is 10.2 Å². The Morgan fingerprint density at radius 2 is 2.25 bits per heavy atom. The number of hydrogen-bond donors (Lipinski definition) is 1. The molecule has 0 aliphatic carbocycles. The van der Waals surface area contributed by atoms with E-state index in [4.69, 9.17) is 0 Å². The van der Waals surface area contributed by atoms with Gasteiger partial charge in [-0.05, 0) is 13.0 Å². The first-order chi connectivity index (χ1) is 5.68. The molecule has 0 aromatic heterocycles. The molecule has 0 rings (SSSR count). The predicted molar refractivity (Wildman–Crippen MR) is 51.0 cm³/mol. The van der Waals surface area contributed by atoms with Gasteiger partial charge in [0.15, 0.2) is 0 Å². The first-order valence-corrected chi connectivity index (χ1v) is 4.20. The third kappa shape index (κ3) is 5.92. The molecule has 0 fully saturated rings. The largest absolute Gasteiger partial charge is 0.349 e. The molecule has 0 spiro atoms. The van der Waals surface area contributed by atoms with Gasteiger partial charge in [0.2, 0.25) is 5.91 Å². The smallest absolute Gasteiger partial charge is 0.222 e.